The molecule has 18 heavy (non-hydrogen) atoms. The minimum Gasteiger partial charge on any atom is -0.348 e. The second-order valence-electron chi connectivity index (χ2n) is 4.15. The lowest BCUT2D eigenvalue weighted by atomic mass is 10.1. The summed E-state index contributed by atoms with van der Waals surface area (Å²) < 4.78 is 0. The van der Waals surface area contributed by atoms with E-state index < -0.39 is 0 Å². The van der Waals surface area contributed by atoms with Crippen LogP contribution in [0.15, 0.2) is 0 Å². The van der Waals surface area contributed by atoms with E-state index in [0.717, 1.165) is 41.5 Å². The summed E-state index contributed by atoms with van der Waals surface area (Å²) in [6.07, 6.45) is 2.03. The van der Waals surface area contributed by atoms with Crippen molar-refractivity contribution in [2.75, 3.05) is 13.1 Å². The molecule has 0 atom stereocenters. The molecule has 0 saturated carbocycles. The van der Waals surface area contributed by atoms with Crippen molar-refractivity contribution in [2.24, 2.45) is 0 Å². The van der Waals surface area contributed by atoms with Crippen LogP contribution < -0.4 is 10.6 Å². The predicted octanol–water partition coefficient (Wildman–Crippen LogP) is 2.09. The minimum atomic E-state index is 0. The van der Waals surface area contributed by atoms with Gasteiger partial charge in [0.25, 0.3) is 5.91 Å². The Morgan fingerprint density at radius 2 is 1.94 bits per heavy atom. The summed E-state index contributed by atoms with van der Waals surface area (Å²) in [6.45, 7) is 5.80. The Morgan fingerprint density at radius 3 is 2.44 bits per heavy atom. The third-order valence-electron chi connectivity index (χ3n) is 2.78. The minimum absolute atomic E-state index is 0. The molecule has 0 spiro atoms. The summed E-state index contributed by atoms with van der Waals surface area (Å²) in [5.41, 5.74) is 0.842. The third kappa shape index (κ3) is 4.39. The number of nitrogens with one attached hydrogen (secondary N) is 2. The highest BCUT2D eigenvalue weighted by Crippen LogP contribution is 2.17. The molecule has 1 aliphatic rings. The number of aromatic nitrogens is 1. The Labute approximate surface area is 124 Å². The average molecular weight is 312 g/mol. The molecule has 2 heterocycles. The van der Waals surface area contributed by atoms with Crippen molar-refractivity contribution in [1.29, 1.82) is 0 Å². The fourth-order valence-electron chi connectivity index (χ4n) is 1.96. The Kier molecular flexibility index (Phi) is 7.78. The normalized spacial score (nSPS) is 15.4. The van der Waals surface area contributed by atoms with Crippen LogP contribution in [0.1, 0.15) is 33.2 Å². The van der Waals surface area contributed by atoms with Gasteiger partial charge in [-0.15, -0.1) is 36.2 Å². The number of piperidine rings is 1. The monoisotopic (exact) mass is 311 g/mol. The van der Waals surface area contributed by atoms with Crippen LogP contribution in [0.3, 0.4) is 0 Å². The highest BCUT2D eigenvalue weighted by molar-refractivity contribution is 7.13. The van der Waals surface area contributed by atoms with E-state index in [1.807, 2.05) is 13.8 Å². The first-order valence-electron chi connectivity index (χ1n) is 5.62. The van der Waals surface area contributed by atoms with Gasteiger partial charge in [-0.25, -0.2) is 4.98 Å². The van der Waals surface area contributed by atoms with Crippen molar-refractivity contribution >= 4 is 42.1 Å². The largest absolute Gasteiger partial charge is 0.348 e. The fourth-order valence-corrected chi connectivity index (χ4v) is 2.78. The number of hydrogen-bond acceptors (Lipinski definition) is 4. The number of carbonyl (C=O) groups is 1. The van der Waals surface area contributed by atoms with Crippen molar-refractivity contribution in [3.63, 3.8) is 0 Å². The van der Waals surface area contributed by atoms with E-state index in [4.69, 9.17) is 0 Å². The van der Waals surface area contributed by atoms with Gasteiger partial charge in [-0.3, -0.25) is 4.79 Å². The summed E-state index contributed by atoms with van der Waals surface area (Å²) in [5.74, 6) is 0.0370. The fraction of sp³-hybridized carbons (Fsp3) is 0.636. The predicted molar refractivity (Wildman–Crippen MR) is 79.4 cm³/mol. The van der Waals surface area contributed by atoms with E-state index in [1.54, 1.807) is 0 Å². The van der Waals surface area contributed by atoms with Gasteiger partial charge in [0.1, 0.15) is 4.88 Å². The molecule has 1 aromatic rings. The number of aryl methyl sites for hydroxylation is 2. The molecule has 1 aliphatic heterocycles. The quantitative estimate of drug-likeness (QED) is 0.879. The van der Waals surface area contributed by atoms with Crippen molar-refractivity contribution < 1.29 is 4.79 Å². The maximum Gasteiger partial charge on any atom is 0.263 e. The van der Waals surface area contributed by atoms with Crippen molar-refractivity contribution in [2.45, 2.75) is 32.7 Å². The van der Waals surface area contributed by atoms with Crippen LogP contribution in [0.2, 0.25) is 0 Å². The Hall–Kier alpha value is -0.360. The van der Waals surface area contributed by atoms with Gasteiger partial charge in [0.15, 0.2) is 0 Å². The smallest absolute Gasteiger partial charge is 0.263 e. The van der Waals surface area contributed by atoms with Gasteiger partial charge in [0, 0.05) is 6.04 Å². The molecule has 1 fully saturated rings. The lowest BCUT2D eigenvalue weighted by molar-refractivity contribution is 0.0933. The number of nitrogens with zero attached hydrogens (tertiary/aromatic N) is 1. The summed E-state index contributed by atoms with van der Waals surface area (Å²) >= 11 is 1.47. The zero-order chi connectivity index (χ0) is 11.5. The van der Waals surface area contributed by atoms with Crippen LogP contribution in [0.5, 0.6) is 0 Å². The number of thiazole rings is 1. The first-order valence-corrected chi connectivity index (χ1v) is 6.44. The number of hydrogen-bond donors (Lipinski definition) is 2. The van der Waals surface area contributed by atoms with Gasteiger partial charge in [0.2, 0.25) is 0 Å². The lowest BCUT2D eigenvalue weighted by Gasteiger charge is -2.23. The zero-order valence-electron chi connectivity index (χ0n) is 10.5. The lowest BCUT2D eigenvalue weighted by Crippen LogP contribution is -2.42. The molecule has 1 amide bonds. The van der Waals surface area contributed by atoms with E-state index in [1.165, 1.54) is 11.3 Å². The third-order valence-corrected chi connectivity index (χ3v) is 3.86. The Bertz CT molecular complexity index is 392. The molecule has 0 aliphatic carbocycles. The van der Waals surface area contributed by atoms with Gasteiger partial charge in [-0.05, 0) is 39.8 Å². The molecule has 0 unspecified atom stereocenters. The number of amides is 1. The van der Waals surface area contributed by atoms with Gasteiger partial charge < -0.3 is 10.6 Å². The van der Waals surface area contributed by atoms with E-state index in [2.05, 4.69) is 15.6 Å². The Morgan fingerprint density at radius 1 is 1.33 bits per heavy atom. The van der Waals surface area contributed by atoms with E-state index in [0.29, 0.717) is 6.04 Å². The maximum absolute atomic E-state index is 12.0. The van der Waals surface area contributed by atoms with Crippen LogP contribution in [0.25, 0.3) is 0 Å². The molecule has 0 bridgehead atoms. The van der Waals surface area contributed by atoms with Gasteiger partial charge >= 0.3 is 0 Å². The van der Waals surface area contributed by atoms with Gasteiger partial charge in [-0.1, -0.05) is 0 Å². The average Bonchev–Trinajstić information content (AvgIpc) is 2.59. The molecule has 104 valence electrons. The molecule has 4 nitrogen and oxygen atoms in total. The van der Waals surface area contributed by atoms with Gasteiger partial charge in [0.05, 0.1) is 10.7 Å². The second kappa shape index (κ2) is 7.94. The standard InChI is InChI=1S/C11H17N3OS.2ClH/c1-7-10(16-8(2)13-7)11(15)14-9-3-5-12-6-4-9;;/h9,12H,3-6H2,1-2H3,(H,14,15);2*1H. The van der Waals surface area contributed by atoms with E-state index in [-0.39, 0.29) is 30.7 Å². The molecular formula is C11H19Cl2N3OS. The number of rotatable bonds is 2. The topological polar surface area (TPSA) is 54.0 Å². The van der Waals surface area contributed by atoms with Crippen LogP contribution in [-0.2, 0) is 0 Å². The molecular weight excluding hydrogens is 293 g/mol. The first kappa shape index (κ1) is 17.6. The summed E-state index contributed by atoms with van der Waals surface area (Å²) in [7, 11) is 0. The van der Waals surface area contributed by atoms with Crippen LogP contribution in [0.4, 0.5) is 0 Å². The van der Waals surface area contributed by atoms with Crippen LogP contribution in [0, 0.1) is 13.8 Å². The number of carbonyl (C=O) groups excluding carboxylic acids is 1. The van der Waals surface area contributed by atoms with Crippen LogP contribution >= 0.6 is 36.2 Å². The van der Waals surface area contributed by atoms with Gasteiger partial charge in [-0.2, -0.15) is 0 Å². The molecule has 2 rings (SSSR count). The molecule has 7 heteroatoms. The van der Waals surface area contributed by atoms with Crippen LogP contribution in [-0.4, -0.2) is 30.0 Å². The molecule has 0 radical (unpaired) electrons. The molecule has 2 N–H and O–H groups in total. The van der Waals surface area contributed by atoms with E-state index in [9.17, 15) is 4.79 Å². The van der Waals surface area contributed by atoms with Crippen molar-refractivity contribution in [1.82, 2.24) is 15.6 Å². The molecule has 1 aromatic heterocycles. The Balaban J connectivity index is 0.00000144. The molecule has 1 saturated heterocycles. The summed E-state index contributed by atoms with van der Waals surface area (Å²) in [4.78, 5) is 17.0. The van der Waals surface area contributed by atoms with E-state index >= 15 is 0 Å². The highest BCUT2D eigenvalue weighted by atomic mass is 35.5. The molecule has 0 aromatic carbocycles. The maximum atomic E-state index is 12.0. The first-order chi connectivity index (χ1) is 7.66. The number of halogens is 2. The second-order valence-corrected chi connectivity index (χ2v) is 5.35. The zero-order valence-corrected chi connectivity index (χ0v) is 12.9. The van der Waals surface area contributed by atoms with Crippen molar-refractivity contribution in [3.05, 3.63) is 15.6 Å². The van der Waals surface area contributed by atoms with Crippen molar-refractivity contribution in [3.8, 4) is 0 Å². The highest BCUT2D eigenvalue weighted by Gasteiger charge is 2.19. The SMILES string of the molecule is Cc1nc(C)c(C(=O)NC2CCNCC2)s1.Cl.Cl. The summed E-state index contributed by atoms with van der Waals surface area (Å²) in [5, 5.41) is 7.31. The summed E-state index contributed by atoms with van der Waals surface area (Å²) in [6, 6.07) is 0.315.